The molecule has 0 saturated carbocycles. The van der Waals surface area contributed by atoms with Crippen molar-refractivity contribution in [1.82, 2.24) is 9.97 Å². The van der Waals surface area contributed by atoms with E-state index in [4.69, 9.17) is 9.47 Å². The summed E-state index contributed by atoms with van der Waals surface area (Å²) in [6, 6.07) is 20.7. The number of nitrogens with one attached hydrogen (secondary N) is 4. The second kappa shape index (κ2) is 12.8. The summed E-state index contributed by atoms with van der Waals surface area (Å²) >= 11 is 1.49. The van der Waals surface area contributed by atoms with Crippen LogP contribution >= 0.6 is 11.3 Å². The normalized spacial score (nSPS) is 10.5. The predicted octanol–water partition coefficient (Wildman–Crippen LogP) is 7.17. The van der Waals surface area contributed by atoms with E-state index in [0.29, 0.717) is 34.1 Å². The fourth-order valence-electron chi connectivity index (χ4n) is 4.02. The Labute approximate surface area is 246 Å². The third-order valence-electron chi connectivity index (χ3n) is 6.26. The van der Waals surface area contributed by atoms with Gasteiger partial charge in [0.2, 0.25) is 0 Å². The number of benzene rings is 3. The number of urea groups is 1. The largest absolute Gasteiger partial charge is 0.497 e. The van der Waals surface area contributed by atoms with Crippen LogP contribution < -0.4 is 30.7 Å². The second-order valence-electron chi connectivity index (χ2n) is 9.11. The minimum Gasteiger partial charge on any atom is -0.497 e. The monoisotopic (exact) mass is 580 g/mol. The summed E-state index contributed by atoms with van der Waals surface area (Å²) in [4.78, 5) is 34.3. The number of methoxy groups -OCH3 is 2. The summed E-state index contributed by atoms with van der Waals surface area (Å²) in [6.07, 6.45) is 3.50. The minimum atomic E-state index is -0.455. The lowest BCUT2D eigenvalue weighted by molar-refractivity contribution is 0.102. The first kappa shape index (κ1) is 28.1. The molecule has 5 aromatic rings. The number of hydrogen-bond acceptors (Lipinski definition) is 8. The topological polar surface area (TPSA) is 127 Å². The van der Waals surface area contributed by atoms with Crippen LogP contribution in [-0.4, -0.2) is 36.1 Å². The first-order valence-corrected chi connectivity index (χ1v) is 13.7. The quantitative estimate of drug-likeness (QED) is 0.146. The van der Waals surface area contributed by atoms with E-state index in [1.165, 1.54) is 18.4 Å². The molecule has 0 bridgehead atoms. The van der Waals surface area contributed by atoms with Crippen molar-refractivity contribution in [2.75, 3.05) is 35.5 Å². The van der Waals surface area contributed by atoms with Crippen LogP contribution in [0.25, 0.3) is 11.3 Å². The molecule has 0 atom stereocenters. The van der Waals surface area contributed by atoms with E-state index < -0.39 is 6.03 Å². The van der Waals surface area contributed by atoms with Gasteiger partial charge in [0.1, 0.15) is 11.5 Å². The predicted molar refractivity (Wildman–Crippen MR) is 166 cm³/mol. The van der Waals surface area contributed by atoms with Crippen LogP contribution in [0.1, 0.15) is 15.9 Å². The van der Waals surface area contributed by atoms with E-state index in [9.17, 15) is 9.59 Å². The van der Waals surface area contributed by atoms with Gasteiger partial charge in [-0.15, -0.1) is 11.3 Å². The summed E-state index contributed by atoms with van der Waals surface area (Å²) in [6.45, 7) is 1.98. The van der Waals surface area contributed by atoms with Gasteiger partial charge < -0.3 is 30.7 Å². The molecule has 11 heteroatoms. The molecule has 2 aromatic heterocycles. The van der Waals surface area contributed by atoms with Crippen molar-refractivity contribution in [3.63, 3.8) is 0 Å². The van der Waals surface area contributed by atoms with Crippen LogP contribution in [0.5, 0.6) is 11.5 Å². The van der Waals surface area contributed by atoms with Crippen LogP contribution in [0.4, 0.5) is 32.7 Å². The van der Waals surface area contributed by atoms with Gasteiger partial charge in [-0.2, -0.15) is 0 Å². The number of rotatable bonds is 9. The lowest BCUT2D eigenvalue weighted by Gasteiger charge is -2.13. The molecule has 42 heavy (non-hydrogen) atoms. The lowest BCUT2D eigenvalue weighted by Crippen LogP contribution is -2.20. The molecule has 10 nitrogen and oxygen atoms in total. The zero-order valence-corrected chi connectivity index (χ0v) is 23.9. The number of pyridine rings is 1. The summed E-state index contributed by atoms with van der Waals surface area (Å²) in [5, 5.41) is 14.5. The molecule has 2 heterocycles. The Hall–Kier alpha value is -5.42. The molecule has 3 amide bonds. The van der Waals surface area contributed by atoms with Gasteiger partial charge in [0.05, 0.1) is 25.6 Å². The van der Waals surface area contributed by atoms with E-state index in [-0.39, 0.29) is 5.91 Å². The highest BCUT2D eigenvalue weighted by Crippen LogP contribution is 2.30. The lowest BCUT2D eigenvalue weighted by atomic mass is 10.1. The second-order valence-corrected chi connectivity index (χ2v) is 9.97. The van der Waals surface area contributed by atoms with Crippen molar-refractivity contribution in [2.24, 2.45) is 0 Å². The number of amides is 3. The summed E-state index contributed by atoms with van der Waals surface area (Å²) in [5.74, 6) is 0.795. The maximum atomic E-state index is 13.0. The number of aromatic nitrogens is 2. The first-order chi connectivity index (χ1) is 20.4. The van der Waals surface area contributed by atoms with Crippen molar-refractivity contribution in [3.8, 4) is 22.8 Å². The molecule has 0 saturated heterocycles. The molecule has 3 aromatic carbocycles. The van der Waals surface area contributed by atoms with Crippen molar-refractivity contribution in [2.45, 2.75) is 6.92 Å². The van der Waals surface area contributed by atoms with Crippen LogP contribution in [0, 0.1) is 6.92 Å². The van der Waals surface area contributed by atoms with Crippen LogP contribution in [0.2, 0.25) is 0 Å². The molecule has 0 aliphatic heterocycles. The van der Waals surface area contributed by atoms with E-state index in [2.05, 4.69) is 31.2 Å². The highest BCUT2D eigenvalue weighted by atomic mass is 32.1. The molecule has 0 unspecified atom stereocenters. The number of ether oxygens (including phenoxy) is 2. The maximum Gasteiger partial charge on any atom is 0.323 e. The van der Waals surface area contributed by atoms with Gasteiger partial charge in [0.25, 0.3) is 5.91 Å². The Kier molecular flexibility index (Phi) is 8.59. The Balaban J connectivity index is 1.19. The van der Waals surface area contributed by atoms with Gasteiger partial charge in [-0.1, -0.05) is 6.07 Å². The number of anilines is 5. The van der Waals surface area contributed by atoms with Crippen LogP contribution in [0.3, 0.4) is 0 Å². The van der Waals surface area contributed by atoms with Gasteiger partial charge >= 0.3 is 6.03 Å². The number of nitrogens with zero attached hydrogens (tertiary/aromatic N) is 2. The smallest absolute Gasteiger partial charge is 0.323 e. The van der Waals surface area contributed by atoms with E-state index in [0.717, 1.165) is 27.6 Å². The highest BCUT2D eigenvalue weighted by Gasteiger charge is 2.12. The average molecular weight is 581 g/mol. The van der Waals surface area contributed by atoms with Crippen LogP contribution in [-0.2, 0) is 0 Å². The molecule has 4 N–H and O–H groups in total. The number of thiazole rings is 1. The van der Waals surface area contributed by atoms with Crippen molar-refractivity contribution < 1.29 is 19.1 Å². The fourth-order valence-corrected chi connectivity index (χ4v) is 4.75. The van der Waals surface area contributed by atoms with Gasteiger partial charge in [-0.05, 0) is 73.2 Å². The third kappa shape index (κ3) is 6.83. The van der Waals surface area contributed by atoms with Crippen LogP contribution in [0.15, 0.2) is 90.6 Å². The Morgan fingerprint density at radius 2 is 1.64 bits per heavy atom. The zero-order valence-electron chi connectivity index (χ0n) is 23.1. The molecule has 5 rings (SSSR count). The molecule has 0 spiro atoms. The zero-order chi connectivity index (χ0) is 29.5. The van der Waals surface area contributed by atoms with E-state index in [1.807, 2.05) is 42.6 Å². The van der Waals surface area contributed by atoms with Crippen molar-refractivity contribution in [3.05, 3.63) is 102 Å². The molecule has 0 fully saturated rings. The molecule has 0 aliphatic rings. The van der Waals surface area contributed by atoms with Crippen molar-refractivity contribution in [1.29, 1.82) is 0 Å². The first-order valence-electron chi connectivity index (χ1n) is 12.9. The van der Waals surface area contributed by atoms with Gasteiger partial charge in [0, 0.05) is 52.0 Å². The molecular formula is C31H28N6O4S. The highest BCUT2D eigenvalue weighted by molar-refractivity contribution is 7.14. The number of carbonyl (C=O) groups excluding carboxylic acids is 2. The number of aryl methyl sites for hydroxylation is 1. The van der Waals surface area contributed by atoms with E-state index >= 15 is 0 Å². The summed E-state index contributed by atoms with van der Waals surface area (Å²) < 4.78 is 10.5. The number of carbonyl (C=O) groups is 2. The van der Waals surface area contributed by atoms with Gasteiger partial charge in [-0.25, -0.2) is 9.78 Å². The fraction of sp³-hybridized carbons (Fsp3) is 0.0968. The average Bonchev–Trinajstić information content (AvgIpc) is 3.48. The number of hydrogen-bond donors (Lipinski definition) is 4. The minimum absolute atomic E-state index is 0.281. The molecule has 0 radical (unpaired) electrons. The molecular weight excluding hydrogens is 552 g/mol. The maximum absolute atomic E-state index is 13.0. The molecule has 0 aliphatic carbocycles. The van der Waals surface area contributed by atoms with Gasteiger partial charge in [0.15, 0.2) is 5.13 Å². The van der Waals surface area contributed by atoms with Gasteiger partial charge in [-0.3, -0.25) is 9.78 Å². The summed E-state index contributed by atoms with van der Waals surface area (Å²) in [7, 11) is 3.06. The Bertz CT molecular complexity index is 1710. The molecule has 212 valence electrons. The Morgan fingerprint density at radius 1 is 0.833 bits per heavy atom. The SMILES string of the molecule is COc1ccc(NC(=O)Nc2ccc(C(=O)Nc3ccc(C)c(Nc4nc(-c5cccnc5)cs4)c3)cc2)c(OC)c1. The van der Waals surface area contributed by atoms with Crippen molar-refractivity contribution >= 4 is 51.2 Å². The standard InChI is InChI=1S/C31H28N6O4S/c1-19-6-9-23(15-26(19)36-31-37-27(18-42-31)21-5-4-14-32-17-21)33-29(38)20-7-10-22(11-8-20)34-30(39)35-25-13-12-24(40-2)16-28(25)41-3/h4-18H,1-3H3,(H,33,38)(H,36,37)(H2,34,35,39). The van der Waals surface area contributed by atoms with E-state index in [1.54, 1.807) is 62.0 Å². The summed E-state index contributed by atoms with van der Waals surface area (Å²) in [5.41, 5.74) is 5.70. The Morgan fingerprint density at radius 3 is 2.38 bits per heavy atom. The third-order valence-corrected chi connectivity index (χ3v) is 7.02.